The summed E-state index contributed by atoms with van der Waals surface area (Å²) in [7, 11) is 0. The van der Waals surface area contributed by atoms with Crippen LogP contribution in [0.1, 0.15) is 12.0 Å². The third-order valence-electron chi connectivity index (χ3n) is 2.09. The molecule has 2 rings (SSSR count). The van der Waals surface area contributed by atoms with E-state index in [9.17, 15) is 0 Å². The van der Waals surface area contributed by atoms with Gasteiger partial charge >= 0.3 is 0 Å². The van der Waals surface area contributed by atoms with Crippen molar-refractivity contribution >= 4 is 23.5 Å². The van der Waals surface area contributed by atoms with Gasteiger partial charge in [0.25, 0.3) is 0 Å². The van der Waals surface area contributed by atoms with Crippen LogP contribution >= 0.6 is 23.5 Å². The topological polar surface area (TPSA) is 3.24 Å². The van der Waals surface area contributed by atoms with Crippen molar-refractivity contribution < 1.29 is 0 Å². The molecule has 1 aliphatic heterocycles. The van der Waals surface area contributed by atoms with Crippen LogP contribution in [0.25, 0.3) is 0 Å². The van der Waals surface area contributed by atoms with Gasteiger partial charge in [-0.3, -0.25) is 0 Å². The number of benzene rings is 1. The van der Waals surface area contributed by atoms with E-state index in [1.54, 1.807) is 0 Å². The molecular formula is C10H12ClNS. The Morgan fingerprint density at radius 1 is 1.38 bits per heavy atom. The molecule has 0 radical (unpaired) electrons. The molecule has 0 fully saturated rings. The second kappa shape index (κ2) is 4.36. The number of alkyl halides is 1. The van der Waals surface area contributed by atoms with Crippen molar-refractivity contribution in [1.82, 2.24) is 4.31 Å². The van der Waals surface area contributed by atoms with Gasteiger partial charge in [-0.25, -0.2) is 4.31 Å². The van der Waals surface area contributed by atoms with Gasteiger partial charge in [0, 0.05) is 23.9 Å². The van der Waals surface area contributed by atoms with Crippen molar-refractivity contribution in [1.29, 1.82) is 0 Å². The molecule has 0 N–H and O–H groups in total. The number of halogens is 1. The molecule has 1 aliphatic rings. The van der Waals surface area contributed by atoms with Gasteiger partial charge < -0.3 is 0 Å². The minimum Gasteiger partial charge on any atom is -0.242 e. The number of fused-ring (bicyclic) bond motifs is 1. The standard InChI is InChI=1S/C10H12ClNS/c11-6-3-7-12-8-9-4-1-2-5-10(9)13-12/h1-2,4-5H,3,6-8H2. The van der Waals surface area contributed by atoms with Crippen LogP contribution in [0.2, 0.25) is 0 Å². The molecule has 0 atom stereocenters. The van der Waals surface area contributed by atoms with Crippen molar-refractivity contribution in [2.24, 2.45) is 0 Å². The Kier molecular flexibility index (Phi) is 3.14. The van der Waals surface area contributed by atoms with Gasteiger partial charge in [0.1, 0.15) is 0 Å². The lowest BCUT2D eigenvalue weighted by molar-refractivity contribution is 0.478. The summed E-state index contributed by atoms with van der Waals surface area (Å²) in [5.41, 5.74) is 1.45. The van der Waals surface area contributed by atoms with Gasteiger partial charge in [0.15, 0.2) is 0 Å². The fraction of sp³-hybridized carbons (Fsp3) is 0.400. The maximum atomic E-state index is 5.66. The van der Waals surface area contributed by atoms with E-state index in [0.717, 1.165) is 25.4 Å². The van der Waals surface area contributed by atoms with Gasteiger partial charge in [0.2, 0.25) is 0 Å². The van der Waals surface area contributed by atoms with E-state index in [0.29, 0.717) is 0 Å². The van der Waals surface area contributed by atoms with Gasteiger partial charge in [-0.05, 0) is 30.0 Å². The fourth-order valence-corrected chi connectivity index (χ4v) is 2.66. The van der Waals surface area contributed by atoms with E-state index >= 15 is 0 Å². The first-order valence-electron chi connectivity index (χ1n) is 4.47. The quantitative estimate of drug-likeness (QED) is 0.561. The van der Waals surface area contributed by atoms with E-state index in [1.165, 1.54) is 10.5 Å². The van der Waals surface area contributed by atoms with Crippen LogP contribution < -0.4 is 0 Å². The van der Waals surface area contributed by atoms with Crippen molar-refractivity contribution in [3.8, 4) is 0 Å². The molecule has 1 nitrogen and oxygen atoms in total. The Morgan fingerprint density at radius 3 is 3.00 bits per heavy atom. The molecule has 0 unspecified atom stereocenters. The van der Waals surface area contributed by atoms with Crippen LogP contribution in [-0.2, 0) is 6.54 Å². The summed E-state index contributed by atoms with van der Waals surface area (Å²) in [5.74, 6) is 0.757. The lowest BCUT2D eigenvalue weighted by atomic mass is 10.2. The fourth-order valence-electron chi connectivity index (χ4n) is 1.45. The zero-order valence-electron chi connectivity index (χ0n) is 7.37. The van der Waals surface area contributed by atoms with Crippen molar-refractivity contribution in [2.75, 3.05) is 12.4 Å². The van der Waals surface area contributed by atoms with Crippen LogP contribution in [0.15, 0.2) is 29.2 Å². The first-order valence-corrected chi connectivity index (χ1v) is 5.78. The molecule has 1 aromatic carbocycles. The molecule has 3 heteroatoms. The molecule has 0 saturated carbocycles. The zero-order valence-corrected chi connectivity index (χ0v) is 8.94. The van der Waals surface area contributed by atoms with Crippen LogP contribution in [0.5, 0.6) is 0 Å². The number of rotatable bonds is 3. The second-order valence-corrected chi connectivity index (χ2v) is 4.62. The summed E-state index contributed by atoms with van der Waals surface area (Å²) in [5, 5.41) is 0. The van der Waals surface area contributed by atoms with Crippen LogP contribution in [0.4, 0.5) is 0 Å². The van der Waals surface area contributed by atoms with Crippen molar-refractivity contribution in [3.05, 3.63) is 29.8 Å². The lowest BCUT2D eigenvalue weighted by Crippen LogP contribution is -2.11. The number of hydrogen-bond donors (Lipinski definition) is 0. The Balaban J connectivity index is 1.97. The monoisotopic (exact) mass is 213 g/mol. The molecule has 13 heavy (non-hydrogen) atoms. The summed E-state index contributed by atoms with van der Waals surface area (Å²) in [6.07, 6.45) is 1.07. The zero-order chi connectivity index (χ0) is 9.10. The van der Waals surface area contributed by atoms with Crippen molar-refractivity contribution in [3.63, 3.8) is 0 Å². The minimum atomic E-state index is 0.757. The molecule has 1 aromatic rings. The molecule has 0 aliphatic carbocycles. The third kappa shape index (κ3) is 2.19. The van der Waals surface area contributed by atoms with Crippen molar-refractivity contribution in [2.45, 2.75) is 17.9 Å². The largest absolute Gasteiger partial charge is 0.242 e. The van der Waals surface area contributed by atoms with E-state index in [1.807, 2.05) is 11.9 Å². The van der Waals surface area contributed by atoms with E-state index in [-0.39, 0.29) is 0 Å². The maximum absolute atomic E-state index is 5.66. The van der Waals surface area contributed by atoms with Gasteiger partial charge in [-0.2, -0.15) is 0 Å². The number of nitrogens with zero attached hydrogens (tertiary/aromatic N) is 1. The maximum Gasteiger partial charge on any atom is 0.0355 e. The first kappa shape index (κ1) is 9.38. The molecule has 1 heterocycles. The van der Waals surface area contributed by atoms with Gasteiger partial charge in [0.05, 0.1) is 0 Å². The third-order valence-corrected chi connectivity index (χ3v) is 3.52. The highest BCUT2D eigenvalue weighted by Gasteiger charge is 2.18. The van der Waals surface area contributed by atoms with Gasteiger partial charge in [-0.1, -0.05) is 18.2 Å². The highest BCUT2D eigenvalue weighted by molar-refractivity contribution is 7.97. The van der Waals surface area contributed by atoms with E-state index in [4.69, 9.17) is 11.6 Å². The Hall–Kier alpha value is -0.180. The normalized spacial score (nSPS) is 16.1. The average molecular weight is 214 g/mol. The van der Waals surface area contributed by atoms with Crippen LogP contribution in [0, 0.1) is 0 Å². The summed E-state index contributed by atoms with van der Waals surface area (Å²) >= 11 is 7.51. The summed E-state index contributed by atoms with van der Waals surface area (Å²) < 4.78 is 2.37. The van der Waals surface area contributed by atoms with E-state index < -0.39 is 0 Å². The molecular weight excluding hydrogens is 202 g/mol. The molecule has 0 bridgehead atoms. The minimum absolute atomic E-state index is 0.757. The average Bonchev–Trinajstić information content (AvgIpc) is 2.57. The summed E-state index contributed by atoms with van der Waals surface area (Å²) in [6.45, 7) is 2.15. The SMILES string of the molecule is ClCCCN1Cc2ccccc2S1. The van der Waals surface area contributed by atoms with Crippen LogP contribution in [-0.4, -0.2) is 16.7 Å². The molecule has 0 aromatic heterocycles. The highest BCUT2D eigenvalue weighted by Crippen LogP contribution is 2.35. The Morgan fingerprint density at radius 2 is 2.23 bits per heavy atom. The second-order valence-electron chi connectivity index (χ2n) is 3.11. The van der Waals surface area contributed by atoms with E-state index in [2.05, 4.69) is 28.6 Å². The predicted molar refractivity (Wildman–Crippen MR) is 58.0 cm³/mol. The Bertz CT molecular complexity index is 265. The van der Waals surface area contributed by atoms with Crippen LogP contribution in [0.3, 0.4) is 0 Å². The summed E-state index contributed by atoms with van der Waals surface area (Å²) in [6, 6.07) is 8.57. The highest BCUT2D eigenvalue weighted by atomic mass is 35.5. The Labute approximate surface area is 88.2 Å². The van der Waals surface area contributed by atoms with Gasteiger partial charge in [-0.15, -0.1) is 11.6 Å². The lowest BCUT2D eigenvalue weighted by Gasteiger charge is -2.11. The molecule has 0 amide bonds. The first-order chi connectivity index (χ1) is 6.40. The molecule has 70 valence electrons. The molecule has 0 spiro atoms. The predicted octanol–water partition coefficient (Wildman–Crippen LogP) is 3.14. The smallest absolute Gasteiger partial charge is 0.0355 e. The summed E-state index contributed by atoms with van der Waals surface area (Å²) in [4.78, 5) is 1.40. The molecule has 0 saturated heterocycles. The number of hydrogen-bond acceptors (Lipinski definition) is 2.